The molecule has 1 saturated carbocycles. The Bertz CT molecular complexity index is 138. The first-order chi connectivity index (χ1) is 5.25. The number of halogens is 1. The molecule has 2 heteroatoms. The molecule has 1 rings (SSSR count). The molecule has 0 aliphatic heterocycles. The van der Waals surface area contributed by atoms with Crippen LogP contribution in [-0.4, -0.2) is 11.7 Å². The van der Waals surface area contributed by atoms with Gasteiger partial charge in [-0.15, -0.1) is 11.6 Å². The molecule has 1 nitrogen and oxygen atoms in total. The van der Waals surface area contributed by atoms with Gasteiger partial charge in [0.25, 0.3) is 0 Å². The van der Waals surface area contributed by atoms with Crippen LogP contribution in [0.15, 0.2) is 0 Å². The molecule has 1 aliphatic rings. The molecule has 1 fully saturated rings. The van der Waals surface area contributed by atoms with Crippen molar-refractivity contribution in [1.82, 2.24) is 0 Å². The third-order valence-corrected chi connectivity index (χ3v) is 3.01. The van der Waals surface area contributed by atoms with E-state index < -0.39 is 0 Å². The van der Waals surface area contributed by atoms with Crippen LogP contribution in [-0.2, 0) is 4.79 Å². The van der Waals surface area contributed by atoms with Gasteiger partial charge in [-0.2, -0.15) is 0 Å². The van der Waals surface area contributed by atoms with Crippen molar-refractivity contribution in [3.05, 3.63) is 0 Å². The lowest BCUT2D eigenvalue weighted by molar-refractivity contribution is -0.121. The van der Waals surface area contributed by atoms with E-state index in [-0.39, 0.29) is 17.6 Å². The summed E-state index contributed by atoms with van der Waals surface area (Å²) >= 11 is 5.48. The summed E-state index contributed by atoms with van der Waals surface area (Å²) in [5, 5.41) is 0. The number of Topliss-reactive ketones (excluding diaryl/α,β-unsaturated/α-hetero) is 1. The van der Waals surface area contributed by atoms with E-state index in [2.05, 4.69) is 0 Å². The molecule has 11 heavy (non-hydrogen) atoms. The Kier molecular flexibility index (Phi) is 3.38. The molecular weight excluding hydrogens is 160 g/mol. The van der Waals surface area contributed by atoms with E-state index >= 15 is 0 Å². The molecule has 1 aliphatic carbocycles. The van der Waals surface area contributed by atoms with Crippen molar-refractivity contribution in [1.29, 1.82) is 0 Å². The minimum Gasteiger partial charge on any atom is -0.298 e. The summed E-state index contributed by atoms with van der Waals surface area (Å²) in [4.78, 5) is 11.2. The van der Waals surface area contributed by atoms with Gasteiger partial charge in [0, 0.05) is 5.92 Å². The molecule has 0 heterocycles. The number of rotatable bonds is 3. The van der Waals surface area contributed by atoms with Crippen LogP contribution in [0.2, 0.25) is 0 Å². The molecule has 64 valence electrons. The molecule has 0 aromatic carbocycles. The van der Waals surface area contributed by atoms with Crippen molar-refractivity contribution in [2.24, 2.45) is 11.8 Å². The van der Waals surface area contributed by atoms with Crippen molar-refractivity contribution in [2.45, 2.75) is 32.6 Å². The minimum atomic E-state index is 0.192. The number of hydrogen-bond acceptors (Lipinski definition) is 1. The van der Waals surface area contributed by atoms with Crippen LogP contribution in [0.4, 0.5) is 0 Å². The minimum absolute atomic E-state index is 0.192. The van der Waals surface area contributed by atoms with Crippen LogP contribution in [0.25, 0.3) is 0 Å². The molecule has 1 unspecified atom stereocenters. The lowest BCUT2D eigenvalue weighted by Crippen LogP contribution is -2.19. The third-order valence-electron chi connectivity index (χ3n) is 2.75. The SMILES string of the molecule is CC(C(=O)CCl)C1CCCC1. The van der Waals surface area contributed by atoms with Crippen molar-refractivity contribution in [2.75, 3.05) is 5.88 Å². The van der Waals surface area contributed by atoms with Gasteiger partial charge < -0.3 is 0 Å². The molecular formula is C9H15ClO. The quantitative estimate of drug-likeness (QED) is 0.602. The van der Waals surface area contributed by atoms with Gasteiger partial charge in [0.2, 0.25) is 0 Å². The average molecular weight is 175 g/mol. The van der Waals surface area contributed by atoms with Crippen LogP contribution in [0.1, 0.15) is 32.6 Å². The fraction of sp³-hybridized carbons (Fsp3) is 0.889. The smallest absolute Gasteiger partial charge is 0.150 e. The third kappa shape index (κ3) is 2.19. The maximum Gasteiger partial charge on any atom is 0.150 e. The number of alkyl halides is 1. The second-order valence-electron chi connectivity index (χ2n) is 3.43. The van der Waals surface area contributed by atoms with Gasteiger partial charge in [-0.25, -0.2) is 0 Å². The predicted molar refractivity (Wildman–Crippen MR) is 46.8 cm³/mol. The summed E-state index contributed by atoms with van der Waals surface area (Å²) < 4.78 is 0. The monoisotopic (exact) mass is 174 g/mol. The van der Waals surface area contributed by atoms with Crippen LogP contribution in [0, 0.1) is 11.8 Å². The van der Waals surface area contributed by atoms with E-state index in [0.717, 1.165) is 0 Å². The number of carbonyl (C=O) groups is 1. The first kappa shape index (κ1) is 9.05. The van der Waals surface area contributed by atoms with E-state index in [1.165, 1.54) is 25.7 Å². The zero-order chi connectivity index (χ0) is 8.27. The molecule has 0 aromatic rings. The average Bonchev–Trinajstić information content (AvgIpc) is 2.53. The highest BCUT2D eigenvalue weighted by atomic mass is 35.5. The molecule has 0 amide bonds. The number of hydrogen-bond donors (Lipinski definition) is 0. The van der Waals surface area contributed by atoms with Gasteiger partial charge in [-0.05, 0) is 18.8 Å². The highest BCUT2D eigenvalue weighted by molar-refractivity contribution is 6.27. The highest BCUT2D eigenvalue weighted by Crippen LogP contribution is 2.31. The van der Waals surface area contributed by atoms with Crippen molar-refractivity contribution in [3.63, 3.8) is 0 Å². The van der Waals surface area contributed by atoms with Crippen molar-refractivity contribution >= 4 is 17.4 Å². The maximum atomic E-state index is 11.2. The van der Waals surface area contributed by atoms with E-state index in [4.69, 9.17) is 11.6 Å². The Morgan fingerprint density at radius 1 is 1.55 bits per heavy atom. The summed E-state index contributed by atoms with van der Waals surface area (Å²) in [6, 6.07) is 0. The lowest BCUT2D eigenvalue weighted by atomic mass is 9.90. The Morgan fingerprint density at radius 2 is 2.09 bits per heavy atom. The summed E-state index contributed by atoms with van der Waals surface area (Å²) in [6.45, 7) is 2.01. The van der Waals surface area contributed by atoms with E-state index in [1.54, 1.807) is 0 Å². The van der Waals surface area contributed by atoms with Gasteiger partial charge in [0.15, 0.2) is 5.78 Å². The normalized spacial score (nSPS) is 22.0. The summed E-state index contributed by atoms with van der Waals surface area (Å²) in [5.41, 5.74) is 0. The van der Waals surface area contributed by atoms with Crippen molar-refractivity contribution < 1.29 is 4.79 Å². The second kappa shape index (κ2) is 4.10. The standard InChI is InChI=1S/C9H15ClO/c1-7(9(11)6-10)8-4-2-3-5-8/h7-8H,2-6H2,1H3. The van der Waals surface area contributed by atoms with Gasteiger partial charge in [-0.3, -0.25) is 4.79 Å². The van der Waals surface area contributed by atoms with Crippen LogP contribution >= 0.6 is 11.6 Å². The summed E-state index contributed by atoms with van der Waals surface area (Å²) in [6.07, 6.45) is 5.04. The summed E-state index contributed by atoms with van der Waals surface area (Å²) in [7, 11) is 0. The maximum absolute atomic E-state index is 11.2. The van der Waals surface area contributed by atoms with E-state index in [1.807, 2.05) is 6.92 Å². The first-order valence-corrected chi connectivity index (χ1v) is 4.88. The zero-order valence-electron chi connectivity index (χ0n) is 6.98. The molecule has 0 spiro atoms. The molecule has 0 aromatic heterocycles. The van der Waals surface area contributed by atoms with Crippen LogP contribution < -0.4 is 0 Å². The fourth-order valence-electron chi connectivity index (χ4n) is 1.84. The molecule has 1 atom stereocenters. The lowest BCUT2D eigenvalue weighted by Gasteiger charge is -2.15. The molecule has 0 radical (unpaired) electrons. The Hall–Kier alpha value is -0.0400. The predicted octanol–water partition coefficient (Wildman–Crippen LogP) is 2.62. The second-order valence-corrected chi connectivity index (χ2v) is 3.70. The summed E-state index contributed by atoms with van der Waals surface area (Å²) in [5.74, 6) is 1.24. The van der Waals surface area contributed by atoms with Gasteiger partial charge in [0.05, 0.1) is 5.88 Å². The Labute approximate surface area is 73.1 Å². The van der Waals surface area contributed by atoms with Gasteiger partial charge >= 0.3 is 0 Å². The van der Waals surface area contributed by atoms with Gasteiger partial charge in [-0.1, -0.05) is 19.8 Å². The largest absolute Gasteiger partial charge is 0.298 e. The number of ketones is 1. The first-order valence-electron chi connectivity index (χ1n) is 4.34. The topological polar surface area (TPSA) is 17.1 Å². The van der Waals surface area contributed by atoms with E-state index in [9.17, 15) is 4.79 Å². The van der Waals surface area contributed by atoms with Crippen LogP contribution in [0.3, 0.4) is 0 Å². The zero-order valence-corrected chi connectivity index (χ0v) is 7.73. The molecule has 0 saturated heterocycles. The molecule has 0 N–H and O–H groups in total. The Balaban J connectivity index is 2.39. The fourth-order valence-corrected chi connectivity index (χ4v) is 2.09. The van der Waals surface area contributed by atoms with Crippen LogP contribution in [0.5, 0.6) is 0 Å². The Morgan fingerprint density at radius 3 is 2.55 bits per heavy atom. The van der Waals surface area contributed by atoms with Gasteiger partial charge in [0.1, 0.15) is 0 Å². The van der Waals surface area contributed by atoms with E-state index in [0.29, 0.717) is 5.92 Å². The number of carbonyl (C=O) groups excluding carboxylic acids is 1. The molecule has 0 bridgehead atoms. The van der Waals surface area contributed by atoms with Crippen molar-refractivity contribution in [3.8, 4) is 0 Å². The highest BCUT2D eigenvalue weighted by Gasteiger charge is 2.25.